The first-order chi connectivity index (χ1) is 60.5. The number of para-hydroxylation sites is 10. The van der Waals surface area contributed by atoms with Crippen LogP contribution in [-0.2, 0) is 80.4 Å². The van der Waals surface area contributed by atoms with E-state index in [1.54, 1.807) is 6.26 Å². The number of benzene rings is 13. The molecule has 0 bridgehead atoms. The van der Waals surface area contributed by atoms with Gasteiger partial charge in [0.25, 0.3) is 0 Å². The van der Waals surface area contributed by atoms with E-state index in [1.165, 1.54) is 20.2 Å². The van der Waals surface area contributed by atoms with Crippen molar-refractivity contribution in [1.82, 2.24) is 19.9 Å². The fourth-order valence-corrected chi connectivity index (χ4v) is 18.2. The number of pyridine rings is 4. The number of thiophene rings is 1. The monoisotopic (exact) mass is 2360 g/mol. The van der Waals surface area contributed by atoms with Gasteiger partial charge in [-0.05, 0) is 103 Å². The topological polar surface area (TPSA) is 143 Å². The van der Waals surface area contributed by atoms with Crippen molar-refractivity contribution in [2.45, 2.75) is 0 Å². The Bertz CT molecular complexity index is 7360. The fraction of sp³-hybridized carbons (Fsp3) is 0. The number of nitrogens with zero attached hydrogens (tertiary/aromatic N) is 12. The number of aromatic nitrogens is 4. The molecule has 4 radical (unpaired) electrons. The summed E-state index contributed by atoms with van der Waals surface area (Å²) in [6.45, 7) is 8.23. The molecular formula is C104H62Ir4N12O5S-8. The molecule has 4 aliphatic rings. The molecule has 0 unspecified atom stereocenters. The van der Waals surface area contributed by atoms with Gasteiger partial charge in [0.15, 0.2) is 11.2 Å². The smallest absolute Gasteiger partial charge is 0.227 e. The quantitative estimate of drug-likeness (QED) is 0.133. The van der Waals surface area contributed by atoms with Crippen LogP contribution in [0.1, 0.15) is 0 Å². The van der Waals surface area contributed by atoms with Crippen LogP contribution < -0.4 is 39.2 Å². The summed E-state index contributed by atoms with van der Waals surface area (Å²) in [7, 11) is 0. The Balaban J connectivity index is 0.000000106. The van der Waals surface area contributed by atoms with E-state index in [2.05, 4.69) is 212 Å². The first-order valence-electron chi connectivity index (χ1n) is 39.8. The van der Waals surface area contributed by atoms with Crippen LogP contribution in [0.5, 0.6) is 0 Å². The molecule has 4 aliphatic heterocycles. The average molecular weight is 2360 g/mol. The third-order valence-electron chi connectivity index (χ3n) is 22.5. The van der Waals surface area contributed by atoms with Gasteiger partial charge in [0.05, 0.1) is 45.1 Å². The Morgan fingerprint density at radius 1 is 0.294 bits per heavy atom. The van der Waals surface area contributed by atoms with Crippen molar-refractivity contribution in [2.24, 2.45) is 0 Å². The molecule has 23 aromatic rings. The molecule has 13 aromatic carbocycles. The van der Waals surface area contributed by atoms with Crippen molar-refractivity contribution in [3.63, 3.8) is 0 Å². The Labute approximate surface area is 779 Å². The SMILES string of the molecule is [Ir].[Ir].[Ir].[Ir].[c-]1ccc2c(oc3ccccc32)c1N1[CH-]N(c2cccc3c2oc2ccccc23)c2cccnc21.[c-]1ccc2c(oc3ccccc32)c1N1[CH-]N(c2cccc3c2oc2ccccc23)c2ncccc21.[c-]1ccccc1N1[CH-]N(c2ccccc2)c2cc3ccoc3nc21.[c-]1ccccc1N1[CH-]N(c2ccccc2)c2ncc3c(sc4ccccc43)c21. The maximum atomic E-state index is 6.34. The molecule has 126 heavy (non-hydrogen) atoms. The molecule has 10 aromatic heterocycles. The van der Waals surface area contributed by atoms with E-state index < -0.39 is 0 Å². The Morgan fingerprint density at radius 2 is 0.746 bits per heavy atom. The van der Waals surface area contributed by atoms with Crippen LogP contribution in [0, 0.1) is 50.9 Å². The second-order valence-electron chi connectivity index (χ2n) is 29.5. The van der Waals surface area contributed by atoms with Crippen LogP contribution in [-0.4, -0.2) is 19.9 Å². The summed E-state index contributed by atoms with van der Waals surface area (Å²) in [5.74, 6) is 3.41. The van der Waals surface area contributed by atoms with Crippen molar-refractivity contribution in [2.75, 3.05) is 39.2 Å². The van der Waals surface area contributed by atoms with E-state index in [1.807, 2.05) is 236 Å². The number of rotatable bonds is 8. The van der Waals surface area contributed by atoms with E-state index in [9.17, 15) is 0 Å². The maximum absolute atomic E-state index is 6.34. The molecule has 0 spiro atoms. The van der Waals surface area contributed by atoms with Gasteiger partial charge in [0.2, 0.25) is 5.71 Å². The van der Waals surface area contributed by atoms with Gasteiger partial charge in [-0.1, -0.05) is 174 Å². The molecule has 17 nitrogen and oxygen atoms in total. The molecule has 0 saturated carbocycles. The second kappa shape index (κ2) is 33.8. The van der Waals surface area contributed by atoms with Crippen molar-refractivity contribution >= 4 is 222 Å². The third-order valence-corrected chi connectivity index (χ3v) is 23.7. The zero-order valence-electron chi connectivity index (χ0n) is 65.9. The van der Waals surface area contributed by atoms with Crippen molar-refractivity contribution in [1.29, 1.82) is 0 Å². The number of hydrogen-bond acceptors (Lipinski definition) is 18. The van der Waals surface area contributed by atoms with Crippen LogP contribution in [0.15, 0.2) is 375 Å². The molecule has 0 saturated heterocycles. The van der Waals surface area contributed by atoms with Crippen LogP contribution in [0.2, 0.25) is 0 Å². The number of furan rings is 5. The third kappa shape index (κ3) is 13.7. The van der Waals surface area contributed by atoms with Crippen LogP contribution >= 0.6 is 11.3 Å². The molecule has 0 atom stereocenters. The van der Waals surface area contributed by atoms with E-state index in [0.717, 1.165) is 185 Å². The minimum atomic E-state index is 0. The number of fused-ring (bicyclic) bond motifs is 21. The van der Waals surface area contributed by atoms with E-state index in [-0.39, 0.29) is 80.4 Å². The van der Waals surface area contributed by atoms with Gasteiger partial charge >= 0.3 is 0 Å². The zero-order valence-corrected chi connectivity index (χ0v) is 76.3. The summed E-state index contributed by atoms with van der Waals surface area (Å²) >= 11 is 1.82. The van der Waals surface area contributed by atoms with Gasteiger partial charge in [-0.15, -0.1) is 49.4 Å². The van der Waals surface area contributed by atoms with Gasteiger partial charge in [-0.25, -0.2) is 15.0 Å². The fourth-order valence-electron chi connectivity index (χ4n) is 17.0. The summed E-state index contributed by atoms with van der Waals surface area (Å²) < 4.78 is 33.3. The van der Waals surface area contributed by atoms with Crippen molar-refractivity contribution in [3.05, 3.63) is 403 Å². The Kier molecular flexibility index (Phi) is 21.7. The van der Waals surface area contributed by atoms with Crippen molar-refractivity contribution < 1.29 is 103 Å². The molecule has 0 N–H and O–H groups in total. The van der Waals surface area contributed by atoms with Gasteiger partial charge in [0.1, 0.15) is 45.6 Å². The molecule has 22 heteroatoms. The molecule has 0 aliphatic carbocycles. The summed E-state index contributed by atoms with van der Waals surface area (Å²) in [4.78, 5) is 35.9. The minimum absolute atomic E-state index is 0. The summed E-state index contributed by atoms with van der Waals surface area (Å²) in [5, 5.41) is 12.1. The Hall–Kier alpha value is -13.6. The predicted octanol–water partition coefficient (Wildman–Crippen LogP) is 27.9. The molecule has 0 fully saturated rings. The largest absolute Gasteiger partial charge is 0.514 e. The molecular weight excluding hydrogens is 2300 g/mol. The molecule has 0 amide bonds. The molecule has 27 rings (SSSR count). The zero-order chi connectivity index (χ0) is 80.3. The normalized spacial score (nSPS) is 13.0. The van der Waals surface area contributed by atoms with Gasteiger partial charge < -0.3 is 61.3 Å². The molecule has 618 valence electrons. The van der Waals surface area contributed by atoms with E-state index in [4.69, 9.17) is 42.0 Å². The maximum Gasteiger partial charge on any atom is 0.227 e. The minimum Gasteiger partial charge on any atom is -0.514 e. The number of anilines is 16. The van der Waals surface area contributed by atoms with Gasteiger partial charge in [-0.2, -0.15) is 102 Å². The number of hydrogen-bond donors (Lipinski definition) is 0. The van der Waals surface area contributed by atoms with Crippen molar-refractivity contribution in [3.8, 4) is 0 Å². The Morgan fingerprint density at radius 3 is 1.33 bits per heavy atom. The van der Waals surface area contributed by atoms with Crippen LogP contribution in [0.3, 0.4) is 0 Å². The van der Waals surface area contributed by atoms with E-state index in [0.29, 0.717) is 5.71 Å². The first kappa shape index (κ1) is 80.8. The van der Waals surface area contributed by atoms with E-state index >= 15 is 0 Å². The predicted molar refractivity (Wildman–Crippen MR) is 490 cm³/mol. The summed E-state index contributed by atoms with van der Waals surface area (Å²) in [6.07, 6.45) is 7.30. The van der Waals surface area contributed by atoms with Gasteiger partial charge in [-0.3, -0.25) is 0 Å². The average Bonchev–Trinajstić information content (AvgIpc) is 1.58. The summed E-state index contributed by atoms with van der Waals surface area (Å²) in [6, 6.07) is 124. The van der Waals surface area contributed by atoms with Crippen LogP contribution in [0.25, 0.3) is 119 Å². The second-order valence-corrected chi connectivity index (χ2v) is 30.6. The first-order valence-corrected chi connectivity index (χ1v) is 40.7. The standard InChI is InChI=1S/2C30H17N3O2.C24H15N3S.C20H13N3O.4Ir/c2*1-3-15-26-19(8-1)21-10-5-12-23(28(21)34-26)32-18-33(30-25(32)14-7-17-31-30)24-13-6-11-22-20-9-2-4-16-27(20)35-29(22)24;1-3-9-17(10-4-1)26-16-27(18-11-5-2-6-12-18)24-22(26)23-20(15-25-24)19-13-7-8-14-21(19)28-23;1-3-7-16(8-4-1)22-14-23(17-9-5-2-6-10-17)19-18(22)13-15-11-12-24-20(15)21-19;;;;/h1-11,13-18H;1-12,14-18H;1-9,11-16H;1-9,11-14H;;;;/q4*-2;;;;. The van der Waals surface area contributed by atoms with Crippen LogP contribution in [0.4, 0.5) is 91.5 Å². The van der Waals surface area contributed by atoms with Gasteiger partial charge in [0, 0.05) is 175 Å². The molecule has 14 heterocycles. The summed E-state index contributed by atoms with van der Waals surface area (Å²) in [5.41, 5.74) is 19.0.